The second kappa shape index (κ2) is 22.6. The highest BCUT2D eigenvalue weighted by Gasteiger charge is 2.37. The van der Waals surface area contributed by atoms with E-state index in [1.54, 1.807) is 24.3 Å². The number of aryl methyl sites for hydroxylation is 2. The molecule has 0 saturated carbocycles. The van der Waals surface area contributed by atoms with Gasteiger partial charge in [-0.2, -0.15) is 0 Å². The van der Waals surface area contributed by atoms with Crippen molar-refractivity contribution in [2.45, 2.75) is 112 Å². The third kappa shape index (κ3) is 18.2. The van der Waals surface area contributed by atoms with Crippen molar-refractivity contribution in [1.29, 1.82) is 0 Å². The smallest absolute Gasteiger partial charge is 0.339 e. The molecule has 0 spiro atoms. The zero-order valence-corrected chi connectivity index (χ0v) is 35.2. The fourth-order valence-corrected chi connectivity index (χ4v) is 5.79. The van der Waals surface area contributed by atoms with E-state index in [0.717, 1.165) is 37.1 Å². The third-order valence-corrected chi connectivity index (χ3v) is 18.0. The van der Waals surface area contributed by atoms with Gasteiger partial charge in [-0.25, -0.2) is 14.4 Å². The average molecular weight is 751 g/mol. The highest BCUT2D eigenvalue weighted by atomic mass is 28.4. The fourth-order valence-electron chi connectivity index (χ4n) is 3.61. The van der Waals surface area contributed by atoms with Gasteiger partial charge in [0.2, 0.25) is 0 Å². The normalized spacial score (nSPS) is 11.4. The number of urea groups is 1. The van der Waals surface area contributed by atoms with Crippen LogP contribution >= 0.6 is 0 Å². The number of benzene rings is 2. The topological polar surface area (TPSA) is 164 Å². The van der Waals surface area contributed by atoms with Gasteiger partial charge in [-0.1, -0.05) is 72.2 Å². The summed E-state index contributed by atoms with van der Waals surface area (Å²) in [5, 5.41) is 5.98. The van der Waals surface area contributed by atoms with Crippen LogP contribution in [0.2, 0.25) is 36.3 Å². The Balaban J connectivity index is 0. The third-order valence-electron chi connectivity index (χ3n) is 8.94. The maximum atomic E-state index is 12.1. The zero-order chi connectivity index (χ0) is 38.9. The van der Waals surface area contributed by atoms with Crippen molar-refractivity contribution in [3.05, 3.63) is 58.7 Å². The minimum atomic E-state index is -1.75. The molecule has 0 aliphatic carbocycles. The molecule has 0 aliphatic heterocycles. The highest BCUT2D eigenvalue weighted by Crippen LogP contribution is 2.37. The first-order chi connectivity index (χ1) is 22.9. The number of hydrogen-bond acceptors (Lipinski definition) is 9. The van der Waals surface area contributed by atoms with Crippen molar-refractivity contribution in [1.82, 2.24) is 5.32 Å². The maximum Gasteiger partial charge on any atom is 0.339 e. The molecule has 51 heavy (non-hydrogen) atoms. The first-order valence-corrected chi connectivity index (χ1v) is 22.9. The molecule has 6 N–H and O–H groups in total. The van der Waals surface area contributed by atoms with E-state index in [0.29, 0.717) is 40.7 Å². The number of rotatable bonds is 12. The number of ether oxygens (including phenoxy) is 2. The molecule has 2 rings (SSSR count). The lowest BCUT2D eigenvalue weighted by Gasteiger charge is -2.36. The molecule has 0 aromatic heterocycles. The summed E-state index contributed by atoms with van der Waals surface area (Å²) in [6, 6.07) is 10.1. The molecular weight excluding hydrogens is 681 g/mol. The van der Waals surface area contributed by atoms with Gasteiger partial charge in [-0.3, -0.25) is 0 Å². The van der Waals surface area contributed by atoms with E-state index in [1.807, 2.05) is 26.0 Å². The van der Waals surface area contributed by atoms with Crippen LogP contribution in [0.15, 0.2) is 36.4 Å². The number of hydrogen-bond donors (Lipinski definition) is 4. The zero-order valence-electron chi connectivity index (χ0n) is 33.2. The molecule has 2 amide bonds. The Kier molecular flexibility index (Phi) is 22.1. The summed E-state index contributed by atoms with van der Waals surface area (Å²) >= 11 is 0. The average Bonchev–Trinajstić information content (AvgIpc) is 3.01. The number of anilines is 2. The molecule has 0 bridgehead atoms. The Morgan fingerprint density at radius 3 is 1.61 bits per heavy atom. The van der Waals surface area contributed by atoms with Crippen molar-refractivity contribution >= 4 is 46.0 Å². The summed E-state index contributed by atoms with van der Waals surface area (Å²) in [6.45, 7) is 28.7. The van der Waals surface area contributed by atoms with Crippen LogP contribution in [0.25, 0.3) is 0 Å². The summed E-state index contributed by atoms with van der Waals surface area (Å²) in [4.78, 5) is 35.0. The summed E-state index contributed by atoms with van der Waals surface area (Å²) in [7, 11) is -0.596. The second-order valence-corrected chi connectivity index (χ2v) is 24.8. The van der Waals surface area contributed by atoms with Crippen LogP contribution in [-0.4, -0.2) is 75.1 Å². The molecule has 0 fully saturated rings. The maximum absolute atomic E-state index is 12.1. The Bertz CT molecular complexity index is 1370. The molecule has 0 saturated heterocycles. The molecule has 13 heteroatoms. The van der Waals surface area contributed by atoms with Gasteiger partial charge in [0, 0.05) is 25.4 Å². The molecular formula is C38H70N4O7Si2. The molecule has 0 radical (unpaired) electrons. The summed E-state index contributed by atoms with van der Waals surface area (Å²) < 4.78 is 21.3. The van der Waals surface area contributed by atoms with E-state index in [-0.39, 0.29) is 18.5 Å². The Labute approximate surface area is 311 Å². The molecule has 2 aromatic rings. The Hall–Kier alpha value is -3.24. The van der Waals surface area contributed by atoms with Crippen LogP contribution in [0.5, 0.6) is 0 Å². The van der Waals surface area contributed by atoms with E-state index in [4.69, 9.17) is 25.1 Å². The molecule has 11 nitrogen and oxygen atoms in total. The van der Waals surface area contributed by atoms with Gasteiger partial charge in [-0.05, 0) is 93.8 Å². The predicted octanol–water partition coefficient (Wildman–Crippen LogP) is 8.67. The van der Waals surface area contributed by atoms with Crippen molar-refractivity contribution in [3.8, 4) is 0 Å². The Morgan fingerprint density at radius 1 is 0.725 bits per heavy atom. The number of nitrogens with one attached hydrogen (secondary N) is 2. The molecule has 2 aromatic carbocycles. The highest BCUT2D eigenvalue weighted by molar-refractivity contribution is 6.74. The Morgan fingerprint density at radius 2 is 1.16 bits per heavy atom. The summed E-state index contributed by atoms with van der Waals surface area (Å²) in [5.74, 6) is -0.872. The SMILES string of the molecule is C.CC(C)(C)[Si](C)(C)OCCCN.COC(=O)c1cc(C)ccc1N.COC(=O)c1cc(C)ccc1NC(=O)NCCCO[Si](C)(C)C(C)(C)C. The quantitative estimate of drug-likeness (QED) is 0.0719. The molecule has 0 aliphatic rings. The minimum absolute atomic E-state index is 0. The van der Waals surface area contributed by atoms with E-state index in [2.05, 4.69) is 83.1 Å². The molecule has 0 unspecified atom stereocenters. The van der Waals surface area contributed by atoms with E-state index in [1.165, 1.54) is 14.2 Å². The van der Waals surface area contributed by atoms with Gasteiger partial charge in [0.1, 0.15) is 0 Å². The summed E-state index contributed by atoms with van der Waals surface area (Å²) in [5.41, 5.74) is 14.5. The second-order valence-electron chi connectivity index (χ2n) is 15.2. The minimum Gasteiger partial charge on any atom is -0.465 e. The fraction of sp³-hybridized carbons (Fsp3) is 0.605. The number of esters is 2. The predicted molar refractivity (Wildman–Crippen MR) is 218 cm³/mol. The van der Waals surface area contributed by atoms with Crippen LogP contribution in [-0.2, 0) is 18.3 Å². The lowest BCUT2D eigenvalue weighted by atomic mass is 10.1. The lowest BCUT2D eigenvalue weighted by Crippen LogP contribution is -2.41. The van der Waals surface area contributed by atoms with Crippen molar-refractivity contribution < 1.29 is 32.7 Å². The van der Waals surface area contributed by atoms with Crippen molar-refractivity contribution in [2.24, 2.45) is 5.73 Å². The molecule has 0 heterocycles. The first kappa shape index (κ1) is 49.9. The van der Waals surface area contributed by atoms with Crippen LogP contribution in [0.1, 0.15) is 93.7 Å². The van der Waals surface area contributed by atoms with E-state index >= 15 is 0 Å². The molecule has 292 valence electrons. The van der Waals surface area contributed by atoms with Gasteiger partial charge in [0.15, 0.2) is 16.6 Å². The summed E-state index contributed by atoms with van der Waals surface area (Å²) in [6.07, 6.45) is 1.71. The number of methoxy groups -OCH3 is 2. The van der Waals surface area contributed by atoms with Gasteiger partial charge < -0.3 is 40.4 Å². The van der Waals surface area contributed by atoms with Gasteiger partial charge in [0.05, 0.1) is 31.0 Å². The standard InChI is InChI=1S/C19H32N2O4Si.C9H11NO2.C9H23NOSi.CH4/c1-14-9-10-16(15(13-14)17(22)24-5)21-18(23)20-11-8-12-25-26(6,7)19(2,3)4;1-6-3-4-8(10)7(5-6)9(11)12-2;1-9(2,3)12(4,5)11-8-6-7-10;/h9-10,13H,8,11-12H2,1-7H3,(H2,20,21,23);3-5H,10H2,1-2H3;6-8,10H2,1-5H3;1H4. The van der Waals surface area contributed by atoms with Crippen LogP contribution in [0.4, 0.5) is 16.2 Å². The van der Waals surface area contributed by atoms with E-state index in [9.17, 15) is 14.4 Å². The number of nitrogen functional groups attached to an aromatic ring is 1. The first-order valence-electron chi connectivity index (χ1n) is 17.1. The number of nitrogens with two attached hydrogens (primary N) is 2. The van der Waals surface area contributed by atoms with E-state index < -0.39 is 28.6 Å². The lowest BCUT2D eigenvalue weighted by molar-refractivity contribution is 0.0593. The molecule has 0 atom stereocenters. The van der Waals surface area contributed by atoms with Crippen LogP contribution < -0.4 is 22.1 Å². The van der Waals surface area contributed by atoms with Gasteiger partial charge >= 0.3 is 18.0 Å². The number of amides is 2. The largest absolute Gasteiger partial charge is 0.465 e. The number of carbonyl (C=O) groups excluding carboxylic acids is 3. The van der Waals surface area contributed by atoms with Gasteiger partial charge in [0.25, 0.3) is 0 Å². The van der Waals surface area contributed by atoms with Crippen LogP contribution in [0, 0.1) is 13.8 Å². The van der Waals surface area contributed by atoms with Crippen LogP contribution in [0.3, 0.4) is 0 Å². The monoisotopic (exact) mass is 750 g/mol. The van der Waals surface area contributed by atoms with Crippen molar-refractivity contribution in [3.63, 3.8) is 0 Å². The number of carbonyl (C=O) groups is 3. The van der Waals surface area contributed by atoms with Gasteiger partial charge in [-0.15, -0.1) is 0 Å². The van der Waals surface area contributed by atoms with Crippen molar-refractivity contribution in [2.75, 3.05) is 51.6 Å².